The molecule has 14 heavy (non-hydrogen) atoms. The van der Waals surface area contributed by atoms with Crippen molar-refractivity contribution in [2.45, 2.75) is 39.0 Å². The van der Waals surface area contributed by atoms with E-state index in [1.807, 2.05) is 19.2 Å². The van der Waals surface area contributed by atoms with Crippen molar-refractivity contribution in [1.29, 1.82) is 0 Å². The molecule has 0 aliphatic rings. The van der Waals surface area contributed by atoms with E-state index in [1.165, 1.54) is 0 Å². The van der Waals surface area contributed by atoms with Crippen molar-refractivity contribution in [3.63, 3.8) is 0 Å². The minimum absolute atomic E-state index is 0.0754. The van der Waals surface area contributed by atoms with E-state index < -0.39 is 0 Å². The van der Waals surface area contributed by atoms with Crippen LogP contribution < -0.4 is 5.73 Å². The fourth-order valence-electron chi connectivity index (χ4n) is 1.13. The predicted octanol–water partition coefficient (Wildman–Crippen LogP) is 1.84. The number of nitrogens with two attached hydrogens (primary N) is 1. The summed E-state index contributed by atoms with van der Waals surface area (Å²) in [6.45, 7) is 9.07. The van der Waals surface area contributed by atoms with Crippen molar-refractivity contribution in [3.05, 3.63) is 23.8 Å². The highest BCUT2D eigenvalue weighted by atomic mass is 14.9. The van der Waals surface area contributed by atoms with Gasteiger partial charge < -0.3 is 5.73 Å². The summed E-state index contributed by atoms with van der Waals surface area (Å²) in [5, 5.41) is 0. The maximum Gasteiger partial charge on any atom is 0.132 e. The molecule has 0 radical (unpaired) electrons. The molecule has 2 N–H and O–H groups in total. The topological polar surface area (TPSA) is 51.8 Å². The summed E-state index contributed by atoms with van der Waals surface area (Å²) in [5.41, 5.74) is 6.73. The normalized spacial score (nSPS) is 14.1. The highest BCUT2D eigenvalue weighted by Gasteiger charge is 2.17. The zero-order valence-electron chi connectivity index (χ0n) is 9.41. The van der Waals surface area contributed by atoms with Crippen LogP contribution in [0.3, 0.4) is 0 Å². The Morgan fingerprint density at radius 1 is 1.43 bits per heavy atom. The van der Waals surface area contributed by atoms with Crippen molar-refractivity contribution in [1.82, 2.24) is 9.97 Å². The third-order valence-electron chi connectivity index (χ3n) is 2.24. The van der Waals surface area contributed by atoms with Gasteiger partial charge in [0.25, 0.3) is 0 Å². The van der Waals surface area contributed by atoms with Crippen LogP contribution in [0, 0.1) is 0 Å². The molecule has 0 saturated heterocycles. The Morgan fingerprint density at radius 3 is 2.57 bits per heavy atom. The zero-order valence-corrected chi connectivity index (χ0v) is 9.41. The van der Waals surface area contributed by atoms with E-state index in [9.17, 15) is 0 Å². The molecule has 1 rings (SSSR count). The van der Waals surface area contributed by atoms with Gasteiger partial charge in [0.05, 0.1) is 0 Å². The largest absolute Gasteiger partial charge is 0.330 e. The van der Waals surface area contributed by atoms with Gasteiger partial charge >= 0.3 is 0 Å². The van der Waals surface area contributed by atoms with Crippen molar-refractivity contribution >= 4 is 0 Å². The molecular formula is C11H19N3. The smallest absolute Gasteiger partial charge is 0.132 e. The maximum atomic E-state index is 5.58. The number of hydrogen-bond donors (Lipinski definition) is 1. The first-order chi connectivity index (χ1) is 6.45. The first kappa shape index (κ1) is 11.1. The molecule has 3 heteroatoms. The van der Waals surface area contributed by atoms with Crippen LogP contribution in [0.2, 0.25) is 0 Å². The molecule has 3 nitrogen and oxygen atoms in total. The molecular weight excluding hydrogens is 174 g/mol. The van der Waals surface area contributed by atoms with Gasteiger partial charge in [-0.3, -0.25) is 0 Å². The number of nitrogens with zero attached hydrogens (tertiary/aromatic N) is 2. The minimum atomic E-state index is 0.0754. The van der Waals surface area contributed by atoms with Crippen LogP contribution in [0.25, 0.3) is 0 Å². The van der Waals surface area contributed by atoms with E-state index in [4.69, 9.17) is 5.73 Å². The molecule has 0 aliphatic heterocycles. The fourth-order valence-corrected chi connectivity index (χ4v) is 1.13. The lowest BCUT2D eigenvalue weighted by molar-refractivity contribution is 0.556. The van der Waals surface area contributed by atoms with Crippen LogP contribution in [-0.4, -0.2) is 16.5 Å². The van der Waals surface area contributed by atoms with Crippen LogP contribution in [-0.2, 0) is 5.41 Å². The summed E-state index contributed by atoms with van der Waals surface area (Å²) in [6.07, 6.45) is 1.81. The van der Waals surface area contributed by atoms with E-state index in [2.05, 4.69) is 30.7 Å². The number of hydrogen-bond acceptors (Lipinski definition) is 3. The number of aromatic nitrogens is 2. The average Bonchev–Trinajstić information content (AvgIpc) is 2.15. The molecule has 0 bridgehead atoms. The lowest BCUT2D eigenvalue weighted by atomic mass is 9.92. The monoisotopic (exact) mass is 193 g/mol. The van der Waals surface area contributed by atoms with Gasteiger partial charge in [-0.15, -0.1) is 0 Å². The van der Waals surface area contributed by atoms with Crippen molar-refractivity contribution in [2.75, 3.05) is 6.54 Å². The molecule has 0 fully saturated rings. The Morgan fingerprint density at radius 2 is 2.07 bits per heavy atom. The lowest BCUT2D eigenvalue weighted by Crippen LogP contribution is -2.18. The number of rotatable bonds is 2. The van der Waals surface area contributed by atoms with Crippen LogP contribution in [0.5, 0.6) is 0 Å². The molecule has 1 aromatic heterocycles. The Hall–Kier alpha value is -0.960. The Kier molecular flexibility index (Phi) is 3.21. The maximum absolute atomic E-state index is 5.58. The molecule has 0 saturated carbocycles. The van der Waals surface area contributed by atoms with E-state index in [1.54, 1.807) is 0 Å². The third-order valence-corrected chi connectivity index (χ3v) is 2.24. The third kappa shape index (κ3) is 2.51. The second-order valence-electron chi connectivity index (χ2n) is 4.69. The second kappa shape index (κ2) is 4.05. The van der Waals surface area contributed by atoms with Gasteiger partial charge in [0, 0.05) is 29.8 Å². The van der Waals surface area contributed by atoms with Crippen LogP contribution >= 0.6 is 0 Å². The Bertz CT molecular complexity index is 302. The molecule has 0 amide bonds. The molecule has 0 aromatic carbocycles. The van der Waals surface area contributed by atoms with Crippen LogP contribution in [0.15, 0.2) is 12.3 Å². The van der Waals surface area contributed by atoms with Gasteiger partial charge in [0.2, 0.25) is 0 Å². The summed E-state index contributed by atoms with van der Waals surface area (Å²) in [4.78, 5) is 8.76. The van der Waals surface area contributed by atoms with E-state index in [0.29, 0.717) is 6.54 Å². The molecule has 1 aromatic rings. The summed E-state index contributed by atoms with van der Waals surface area (Å²) >= 11 is 0. The first-order valence-corrected chi connectivity index (χ1v) is 4.98. The summed E-state index contributed by atoms with van der Waals surface area (Å²) in [6, 6.07) is 1.97. The predicted molar refractivity (Wildman–Crippen MR) is 58.2 cm³/mol. The highest BCUT2D eigenvalue weighted by Crippen LogP contribution is 2.20. The van der Waals surface area contributed by atoms with Gasteiger partial charge in [0.15, 0.2) is 0 Å². The molecule has 0 aliphatic carbocycles. The summed E-state index contributed by atoms with van der Waals surface area (Å²) in [7, 11) is 0. The van der Waals surface area contributed by atoms with Gasteiger partial charge in [-0.1, -0.05) is 27.7 Å². The van der Waals surface area contributed by atoms with Gasteiger partial charge in [0.1, 0.15) is 5.82 Å². The minimum Gasteiger partial charge on any atom is -0.330 e. The fraction of sp³-hybridized carbons (Fsp3) is 0.636. The molecule has 1 atom stereocenters. The lowest BCUT2D eigenvalue weighted by Gasteiger charge is -2.18. The first-order valence-electron chi connectivity index (χ1n) is 4.98. The summed E-state index contributed by atoms with van der Waals surface area (Å²) in [5.74, 6) is 1.08. The molecule has 1 heterocycles. The Labute approximate surface area is 85.8 Å². The second-order valence-corrected chi connectivity index (χ2v) is 4.69. The van der Waals surface area contributed by atoms with Crippen molar-refractivity contribution in [3.8, 4) is 0 Å². The Balaban J connectivity index is 3.01. The van der Waals surface area contributed by atoms with E-state index in [-0.39, 0.29) is 11.3 Å². The SMILES string of the molecule is CC(CN)c1nccc(C(C)(C)C)n1. The van der Waals surface area contributed by atoms with Gasteiger partial charge in [-0.2, -0.15) is 0 Å². The molecule has 1 unspecified atom stereocenters. The summed E-state index contributed by atoms with van der Waals surface area (Å²) < 4.78 is 0. The quantitative estimate of drug-likeness (QED) is 0.779. The standard InChI is InChI=1S/C11H19N3/c1-8(7-12)10-13-6-5-9(14-10)11(2,3)4/h5-6,8H,7,12H2,1-4H3. The van der Waals surface area contributed by atoms with Gasteiger partial charge in [-0.25, -0.2) is 9.97 Å². The van der Waals surface area contributed by atoms with E-state index >= 15 is 0 Å². The van der Waals surface area contributed by atoms with Crippen LogP contribution in [0.4, 0.5) is 0 Å². The highest BCUT2D eigenvalue weighted by molar-refractivity contribution is 5.13. The van der Waals surface area contributed by atoms with E-state index in [0.717, 1.165) is 11.5 Å². The average molecular weight is 193 g/mol. The molecule has 78 valence electrons. The zero-order chi connectivity index (χ0) is 10.8. The van der Waals surface area contributed by atoms with Crippen molar-refractivity contribution in [2.24, 2.45) is 5.73 Å². The molecule has 0 spiro atoms. The van der Waals surface area contributed by atoms with Crippen molar-refractivity contribution < 1.29 is 0 Å². The van der Waals surface area contributed by atoms with Gasteiger partial charge in [-0.05, 0) is 6.07 Å². The van der Waals surface area contributed by atoms with Crippen LogP contribution in [0.1, 0.15) is 45.1 Å².